The van der Waals surface area contributed by atoms with Crippen molar-refractivity contribution in [3.05, 3.63) is 11.1 Å². The first-order chi connectivity index (χ1) is 5.04. The zero-order valence-corrected chi connectivity index (χ0v) is 7.77. The van der Waals surface area contributed by atoms with Crippen molar-refractivity contribution in [2.24, 2.45) is 11.8 Å². The first-order valence-corrected chi connectivity index (χ1v) is 4.24. The Labute approximate surface area is 68.5 Å². The van der Waals surface area contributed by atoms with Crippen LogP contribution in [0.2, 0.25) is 0 Å². The Hall–Kier alpha value is -0.590. The van der Waals surface area contributed by atoms with Crippen LogP contribution < -0.4 is 0 Å². The van der Waals surface area contributed by atoms with E-state index in [1.807, 2.05) is 20.8 Å². The summed E-state index contributed by atoms with van der Waals surface area (Å²) in [4.78, 5) is 11.5. The monoisotopic (exact) mass is 152 g/mol. The summed E-state index contributed by atoms with van der Waals surface area (Å²) < 4.78 is 0. The maximum atomic E-state index is 11.5. The predicted octanol–water partition coefficient (Wildman–Crippen LogP) is 2.57. The molecule has 1 rings (SSSR count). The number of rotatable bonds is 0. The molecule has 0 heterocycles. The highest BCUT2D eigenvalue weighted by atomic mass is 16.1. The maximum absolute atomic E-state index is 11.5. The Kier molecular flexibility index (Phi) is 2.17. The van der Waals surface area contributed by atoms with Crippen molar-refractivity contribution in [2.45, 2.75) is 34.1 Å². The van der Waals surface area contributed by atoms with Crippen LogP contribution in [0.4, 0.5) is 0 Å². The van der Waals surface area contributed by atoms with Gasteiger partial charge in [0, 0.05) is 5.92 Å². The van der Waals surface area contributed by atoms with Gasteiger partial charge in [-0.05, 0) is 31.8 Å². The quantitative estimate of drug-likeness (QED) is 0.487. The highest BCUT2D eigenvalue weighted by molar-refractivity contribution is 5.99. The van der Waals surface area contributed by atoms with Crippen molar-refractivity contribution in [2.75, 3.05) is 0 Å². The molecule has 0 aromatic carbocycles. The molecule has 0 radical (unpaired) electrons. The molecular weight excluding hydrogens is 136 g/mol. The molecule has 1 aliphatic rings. The molecule has 0 spiro atoms. The lowest BCUT2D eigenvalue weighted by atomic mass is 10.0. The fourth-order valence-corrected chi connectivity index (χ4v) is 1.58. The summed E-state index contributed by atoms with van der Waals surface area (Å²) >= 11 is 0. The Bertz CT molecular complexity index is 209. The van der Waals surface area contributed by atoms with Crippen LogP contribution in [0.5, 0.6) is 0 Å². The molecule has 62 valence electrons. The highest BCUT2D eigenvalue weighted by Gasteiger charge is 2.32. The summed E-state index contributed by atoms with van der Waals surface area (Å²) in [5.41, 5.74) is 2.27. The molecule has 1 nitrogen and oxygen atoms in total. The highest BCUT2D eigenvalue weighted by Crippen LogP contribution is 2.33. The van der Waals surface area contributed by atoms with Crippen LogP contribution in [-0.2, 0) is 4.79 Å². The molecule has 0 N–H and O–H groups in total. The number of carbonyl (C=O) groups is 1. The number of Topliss-reactive ketones (excluding diaryl/α,β-unsaturated/α-hetero) is 1. The van der Waals surface area contributed by atoms with Gasteiger partial charge in [-0.25, -0.2) is 0 Å². The third-order valence-electron chi connectivity index (χ3n) is 2.69. The summed E-state index contributed by atoms with van der Waals surface area (Å²) in [7, 11) is 0. The normalized spacial score (nSPS) is 31.3. The van der Waals surface area contributed by atoms with E-state index in [2.05, 4.69) is 6.92 Å². The summed E-state index contributed by atoms with van der Waals surface area (Å²) in [6, 6.07) is 0. The van der Waals surface area contributed by atoms with Gasteiger partial charge in [0.25, 0.3) is 0 Å². The molecule has 2 unspecified atom stereocenters. The number of carbonyl (C=O) groups excluding carboxylic acids is 1. The lowest BCUT2D eigenvalue weighted by Crippen LogP contribution is -2.07. The fourth-order valence-electron chi connectivity index (χ4n) is 1.58. The smallest absolute Gasteiger partial charge is 0.161 e. The van der Waals surface area contributed by atoms with Gasteiger partial charge in [-0.1, -0.05) is 19.4 Å². The summed E-state index contributed by atoms with van der Waals surface area (Å²) in [6.45, 7) is 8.23. The van der Waals surface area contributed by atoms with E-state index in [9.17, 15) is 4.79 Å². The second kappa shape index (κ2) is 2.80. The van der Waals surface area contributed by atoms with Gasteiger partial charge in [-0.3, -0.25) is 4.79 Å². The Balaban J connectivity index is 2.93. The van der Waals surface area contributed by atoms with E-state index in [1.54, 1.807) is 0 Å². The van der Waals surface area contributed by atoms with E-state index >= 15 is 0 Å². The average molecular weight is 152 g/mol. The van der Waals surface area contributed by atoms with Crippen LogP contribution in [0, 0.1) is 11.8 Å². The van der Waals surface area contributed by atoms with Crippen LogP contribution in [0.15, 0.2) is 11.1 Å². The van der Waals surface area contributed by atoms with Crippen molar-refractivity contribution in [3.8, 4) is 0 Å². The Morgan fingerprint density at radius 2 is 1.91 bits per heavy atom. The van der Waals surface area contributed by atoms with Crippen molar-refractivity contribution < 1.29 is 4.79 Å². The summed E-state index contributed by atoms with van der Waals surface area (Å²) in [5, 5.41) is 0. The van der Waals surface area contributed by atoms with Gasteiger partial charge >= 0.3 is 0 Å². The van der Waals surface area contributed by atoms with Gasteiger partial charge in [0.05, 0.1) is 0 Å². The van der Waals surface area contributed by atoms with Crippen LogP contribution in [0.3, 0.4) is 0 Å². The summed E-state index contributed by atoms with van der Waals surface area (Å²) in [5.74, 6) is 1.17. The lowest BCUT2D eigenvalue weighted by molar-refractivity contribution is -0.117. The number of hydrogen-bond acceptors (Lipinski definition) is 1. The molecule has 0 amide bonds. The molecule has 0 saturated heterocycles. The minimum absolute atomic E-state index is 0.250. The molecule has 0 aliphatic heterocycles. The SMILES string of the molecule is CC(C)=C1CC(C)C(C)C1=O. The second-order valence-corrected chi connectivity index (χ2v) is 3.81. The summed E-state index contributed by atoms with van der Waals surface area (Å²) in [6.07, 6.45) is 0.988. The third-order valence-corrected chi connectivity index (χ3v) is 2.69. The molecule has 0 aromatic heterocycles. The third kappa shape index (κ3) is 1.37. The molecule has 0 bridgehead atoms. The minimum atomic E-state index is 0.250. The predicted molar refractivity (Wildman–Crippen MR) is 46.3 cm³/mol. The van der Waals surface area contributed by atoms with Gasteiger partial charge in [0.2, 0.25) is 0 Å². The zero-order chi connectivity index (χ0) is 8.59. The van der Waals surface area contributed by atoms with Gasteiger partial charge in [0.1, 0.15) is 0 Å². The topological polar surface area (TPSA) is 17.1 Å². The zero-order valence-electron chi connectivity index (χ0n) is 7.77. The van der Waals surface area contributed by atoms with Gasteiger partial charge in [-0.15, -0.1) is 0 Å². The maximum Gasteiger partial charge on any atom is 0.161 e. The van der Waals surface area contributed by atoms with Crippen molar-refractivity contribution >= 4 is 5.78 Å². The van der Waals surface area contributed by atoms with Crippen molar-refractivity contribution in [1.82, 2.24) is 0 Å². The Morgan fingerprint density at radius 1 is 1.36 bits per heavy atom. The van der Waals surface area contributed by atoms with Crippen LogP contribution in [0.1, 0.15) is 34.1 Å². The van der Waals surface area contributed by atoms with E-state index in [4.69, 9.17) is 0 Å². The first kappa shape index (κ1) is 8.51. The second-order valence-electron chi connectivity index (χ2n) is 3.81. The standard InChI is InChI=1S/C10H16O/c1-6(2)9-5-7(3)8(4)10(9)11/h7-8H,5H2,1-4H3. The number of allylic oxidation sites excluding steroid dienone is 2. The lowest BCUT2D eigenvalue weighted by Gasteiger charge is -2.03. The van der Waals surface area contributed by atoms with E-state index in [-0.39, 0.29) is 5.92 Å². The Morgan fingerprint density at radius 3 is 2.09 bits per heavy atom. The number of hydrogen-bond donors (Lipinski definition) is 0. The van der Waals surface area contributed by atoms with E-state index in [0.29, 0.717) is 11.7 Å². The van der Waals surface area contributed by atoms with E-state index in [1.165, 1.54) is 5.57 Å². The van der Waals surface area contributed by atoms with Crippen LogP contribution >= 0.6 is 0 Å². The van der Waals surface area contributed by atoms with Gasteiger partial charge in [0.15, 0.2) is 5.78 Å². The average Bonchev–Trinajstić information content (AvgIpc) is 2.17. The van der Waals surface area contributed by atoms with Crippen molar-refractivity contribution in [3.63, 3.8) is 0 Å². The molecular formula is C10H16O. The molecule has 11 heavy (non-hydrogen) atoms. The molecule has 1 fully saturated rings. The molecule has 0 aromatic rings. The first-order valence-electron chi connectivity index (χ1n) is 4.24. The van der Waals surface area contributed by atoms with Gasteiger partial charge < -0.3 is 0 Å². The van der Waals surface area contributed by atoms with Crippen LogP contribution in [0.25, 0.3) is 0 Å². The van der Waals surface area contributed by atoms with E-state index < -0.39 is 0 Å². The number of ketones is 1. The molecule has 1 aliphatic carbocycles. The molecule has 1 heteroatoms. The molecule has 2 atom stereocenters. The van der Waals surface area contributed by atoms with Crippen molar-refractivity contribution in [1.29, 1.82) is 0 Å². The fraction of sp³-hybridized carbons (Fsp3) is 0.700. The van der Waals surface area contributed by atoms with Gasteiger partial charge in [-0.2, -0.15) is 0 Å². The van der Waals surface area contributed by atoms with Crippen LogP contribution in [-0.4, -0.2) is 5.78 Å². The molecule has 1 saturated carbocycles. The largest absolute Gasteiger partial charge is 0.294 e. The minimum Gasteiger partial charge on any atom is -0.294 e. The van der Waals surface area contributed by atoms with E-state index in [0.717, 1.165) is 12.0 Å².